The molecule has 5 nitrogen and oxygen atoms in total. The molecule has 0 aromatic rings. The Morgan fingerprint density at radius 1 is 0.974 bits per heavy atom. The third-order valence-electron chi connectivity index (χ3n) is 11.9. The topological polar surface area (TPSA) is 79.2 Å². The van der Waals surface area contributed by atoms with Crippen LogP contribution in [0.15, 0.2) is 23.8 Å². The van der Waals surface area contributed by atoms with Crippen LogP contribution in [-0.4, -0.2) is 52.6 Å². The number of aliphatic hydroxyl groups is 3. The number of hydrogen-bond acceptors (Lipinski definition) is 5. The highest BCUT2D eigenvalue weighted by atomic mass is 16.7. The summed E-state index contributed by atoms with van der Waals surface area (Å²) in [5.41, 5.74) is 1.88. The summed E-state index contributed by atoms with van der Waals surface area (Å²) in [6.07, 6.45) is 15.4. The van der Waals surface area contributed by atoms with Crippen LogP contribution in [0.2, 0.25) is 0 Å². The van der Waals surface area contributed by atoms with E-state index in [1.54, 1.807) is 12.2 Å². The zero-order chi connectivity index (χ0) is 27.2. The van der Waals surface area contributed by atoms with Gasteiger partial charge in [0, 0.05) is 0 Å². The monoisotopic (exact) mass is 530 g/mol. The van der Waals surface area contributed by atoms with Gasteiger partial charge in [-0.15, -0.1) is 0 Å². The average Bonchev–Trinajstić information content (AvgIpc) is 3.23. The zero-order valence-corrected chi connectivity index (χ0v) is 24.5. The molecule has 3 fully saturated rings. The summed E-state index contributed by atoms with van der Waals surface area (Å²) < 4.78 is 12.1. The summed E-state index contributed by atoms with van der Waals surface area (Å²) in [6, 6.07) is 0. The van der Waals surface area contributed by atoms with Crippen LogP contribution in [0, 0.1) is 46.3 Å². The third kappa shape index (κ3) is 5.20. The predicted molar refractivity (Wildman–Crippen MR) is 150 cm³/mol. The van der Waals surface area contributed by atoms with Crippen molar-refractivity contribution in [1.82, 2.24) is 0 Å². The van der Waals surface area contributed by atoms with E-state index in [2.05, 4.69) is 40.7 Å². The van der Waals surface area contributed by atoms with E-state index in [4.69, 9.17) is 9.47 Å². The Morgan fingerprint density at radius 3 is 2.50 bits per heavy atom. The van der Waals surface area contributed by atoms with Crippen molar-refractivity contribution in [3.05, 3.63) is 23.8 Å². The number of hydrogen-bond donors (Lipinski definition) is 3. The highest BCUT2D eigenvalue weighted by Crippen LogP contribution is 2.67. The largest absolute Gasteiger partial charge is 0.394 e. The van der Waals surface area contributed by atoms with Gasteiger partial charge in [0.15, 0.2) is 6.29 Å². The highest BCUT2D eigenvalue weighted by molar-refractivity contribution is 5.28. The Morgan fingerprint density at radius 2 is 1.76 bits per heavy atom. The molecule has 5 heteroatoms. The minimum absolute atomic E-state index is 0.0266. The number of fused-ring (bicyclic) bond motifs is 5. The van der Waals surface area contributed by atoms with Gasteiger partial charge >= 0.3 is 0 Å². The first-order chi connectivity index (χ1) is 18.1. The van der Waals surface area contributed by atoms with Gasteiger partial charge in [-0.3, -0.25) is 0 Å². The van der Waals surface area contributed by atoms with E-state index in [0.717, 1.165) is 37.0 Å². The molecule has 3 N–H and O–H groups in total. The second-order valence-electron chi connectivity index (χ2n) is 14.5. The predicted octanol–water partition coefficient (Wildman–Crippen LogP) is 6.02. The van der Waals surface area contributed by atoms with Gasteiger partial charge in [0.1, 0.15) is 12.2 Å². The van der Waals surface area contributed by atoms with Crippen molar-refractivity contribution in [3.63, 3.8) is 0 Å². The molecule has 216 valence electrons. The Hall–Kier alpha value is -0.720. The van der Waals surface area contributed by atoms with Crippen LogP contribution in [-0.2, 0) is 9.47 Å². The van der Waals surface area contributed by atoms with E-state index in [-0.39, 0.29) is 24.2 Å². The number of rotatable bonds is 8. The summed E-state index contributed by atoms with van der Waals surface area (Å²) >= 11 is 0. The molecule has 5 aliphatic rings. The second kappa shape index (κ2) is 11.3. The molecule has 0 aromatic carbocycles. The van der Waals surface area contributed by atoms with Crippen LogP contribution in [0.5, 0.6) is 0 Å². The summed E-state index contributed by atoms with van der Waals surface area (Å²) in [7, 11) is 0. The van der Waals surface area contributed by atoms with Crippen LogP contribution in [0.3, 0.4) is 0 Å². The zero-order valence-electron chi connectivity index (χ0n) is 24.5. The van der Waals surface area contributed by atoms with E-state index in [0.29, 0.717) is 23.2 Å². The lowest BCUT2D eigenvalue weighted by Crippen LogP contribution is -2.55. The average molecular weight is 531 g/mol. The lowest BCUT2D eigenvalue weighted by molar-refractivity contribution is -0.204. The van der Waals surface area contributed by atoms with Gasteiger partial charge < -0.3 is 24.8 Å². The van der Waals surface area contributed by atoms with E-state index in [1.165, 1.54) is 50.5 Å². The van der Waals surface area contributed by atoms with E-state index in [1.807, 2.05) is 0 Å². The molecule has 4 aliphatic carbocycles. The maximum absolute atomic E-state index is 11.6. The van der Waals surface area contributed by atoms with Crippen LogP contribution >= 0.6 is 0 Å². The van der Waals surface area contributed by atoms with Crippen LogP contribution in [0.1, 0.15) is 98.8 Å². The molecular weight excluding hydrogens is 476 g/mol. The van der Waals surface area contributed by atoms with Gasteiger partial charge in [-0.25, -0.2) is 0 Å². The molecule has 0 spiro atoms. The molecule has 0 bridgehead atoms. The standard InChI is InChI=1S/C33H54O5/c1-20(2)7-6-8-21(3)24-9-10-25-31-26(14-16-33(24,25)5)32(4)15-13-23(17-22(32)18-28(31)36)37-30-12-11-27(35)29(19-34)38-30/h11-12,18,20-21,23-31,34-36H,6-10,13-17,19H2,1-5H3/t21-,23?,24-,25+,26+,27+,28+,29-,30+,31+,32+,33-/m1/s1. The molecule has 12 atom stereocenters. The second-order valence-corrected chi connectivity index (χ2v) is 14.5. The fourth-order valence-electron chi connectivity index (χ4n) is 9.80. The van der Waals surface area contributed by atoms with E-state index < -0.39 is 18.5 Å². The lowest BCUT2D eigenvalue weighted by Gasteiger charge is -2.59. The Kier molecular flexibility index (Phi) is 8.55. The molecule has 1 unspecified atom stereocenters. The molecule has 0 amide bonds. The molecule has 3 saturated carbocycles. The third-order valence-corrected chi connectivity index (χ3v) is 11.9. The van der Waals surface area contributed by atoms with Crippen molar-refractivity contribution in [2.24, 2.45) is 46.3 Å². The van der Waals surface area contributed by atoms with Crippen molar-refractivity contribution in [1.29, 1.82) is 0 Å². The van der Waals surface area contributed by atoms with Crippen molar-refractivity contribution in [2.45, 2.75) is 130 Å². The first-order valence-corrected chi connectivity index (χ1v) is 15.7. The minimum atomic E-state index is -0.794. The van der Waals surface area contributed by atoms with Gasteiger partial charge in [-0.05, 0) is 97.4 Å². The molecule has 1 heterocycles. The van der Waals surface area contributed by atoms with Crippen molar-refractivity contribution in [2.75, 3.05) is 6.61 Å². The fraction of sp³-hybridized carbons (Fsp3) is 0.879. The Labute approximate surface area is 231 Å². The lowest BCUT2D eigenvalue weighted by atomic mass is 9.46. The van der Waals surface area contributed by atoms with Crippen molar-refractivity contribution in [3.8, 4) is 0 Å². The first-order valence-electron chi connectivity index (χ1n) is 15.7. The minimum Gasteiger partial charge on any atom is -0.394 e. The summed E-state index contributed by atoms with van der Waals surface area (Å²) in [4.78, 5) is 0. The van der Waals surface area contributed by atoms with Crippen LogP contribution in [0.4, 0.5) is 0 Å². The van der Waals surface area contributed by atoms with Crippen molar-refractivity contribution < 1.29 is 24.8 Å². The van der Waals surface area contributed by atoms with Gasteiger partial charge in [-0.1, -0.05) is 71.6 Å². The van der Waals surface area contributed by atoms with E-state index >= 15 is 0 Å². The summed E-state index contributed by atoms with van der Waals surface area (Å²) in [5, 5.41) is 31.1. The first kappa shape index (κ1) is 28.8. The SMILES string of the molecule is CC(C)CCC[C@@H](C)[C@H]1CC[C@H]2[C@@H]3[C@@H](O)C=C4CC(O[C@@H]5C=C[C@H](O)[C@@H](CO)O5)CC[C@]4(C)[C@H]3CC[C@]12C. The Bertz CT molecular complexity index is 883. The summed E-state index contributed by atoms with van der Waals surface area (Å²) in [5.74, 6) is 3.91. The smallest absolute Gasteiger partial charge is 0.177 e. The number of aliphatic hydroxyl groups excluding tert-OH is 3. The van der Waals surface area contributed by atoms with E-state index in [9.17, 15) is 15.3 Å². The quantitative estimate of drug-likeness (QED) is 0.335. The molecule has 1 aliphatic heterocycles. The maximum atomic E-state index is 11.6. The fourth-order valence-corrected chi connectivity index (χ4v) is 9.80. The maximum Gasteiger partial charge on any atom is 0.177 e. The van der Waals surface area contributed by atoms with Crippen LogP contribution in [0.25, 0.3) is 0 Å². The van der Waals surface area contributed by atoms with Gasteiger partial charge in [-0.2, -0.15) is 0 Å². The molecular formula is C33H54O5. The normalized spacial score (nSPS) is 47.3. The van der Waals surface area contributed by atoms with Gasteiger partial charge in [0.05, 0.1) is 18.8 Å². The molecule has 5 rings (SSSR count). The molecule has 0 aromatic heterocycles. The van der Waals surface area contributed by atoms with Crippen LogP contribution < -0.4 is 0 Å². The van der Waals surface area contributed by atoms with Crippen molar-refractivity contribution >= 4 is 0 Å². The van der Waals surface area contributed by atoms with Gasteiger partial charge in [0.25, 0.3) is 0 Å². The Balaban J connectivity index is 1.27. The highest BCUT2D eigenvalue weighted by Gasteiger charge is 2.61. The molecule has 0 radical (unpaired) electrons. The number of ether oxygens (including phenoxy) is 2. The van der Waals surface area contributed by atoms with Gasteiger partial charge in [0.2, 0.25) is 0 Å². The molecule has 0 saturated heterocycles. The molecule has 38 heavy (non-hydrogen) atoms. The summed E-state index contributed by atoms with van der Waals surface area (Å²) in [6.45, 7) is 12.0.